The fourth-order valence-electron chi connectivity index (χ4n) is 2.58. The van der Waals surface area contributed by atoms with Crippen molar-refractivity contribution in [1.82, 2.24) is 10.2 Å². The second kappa shape index (κ2) is 7.31. The van der Waals surface area contributed by atoms with Crippen molar-refractivity contribution < 1.29 is 9.90 Å². The van der Waals surface area contributed by atoms with Crippen LogP contribution in [-0.4, -0.2) is 42.1 Å². The van der Waals surface area contributed by atoms with Crippen molar-refractivity contribution in [3.8, 4) is 5.75 Å². The first-order valence-electron chi connectivity index (χ1n) is 7.65. The lowest BCUT2D eigenvalue weighted by Gasteiger charge is -2.30. The van der Waals surface area contributed by atoms with Gasteiger partial charge < -0.3 is 21.1 Å². The highest BCUT2D eigenvalue weighted by Crippen LogP contribution is 2.20. The van der Waals surface area contributed by atoms with Crippen molar-refractivity contribution in [2.24, 2.45) is 5.92 Å². The van der Waals surface area contributed by atoms with Gasteiger partial charge in [-0.15, -0.1) is 0 Å². The number of benzene rings is 1. The molecule has 1 aliphatic heterocycles. The number of nitrogens with two attached hydrogens (primary N) is 1. The predicted molar refractivity (Wildman–Crippen MR) is 84.3 cm³/mol. The van der Waals surface area contributed by atoms with Gasteiger partial charge in [-0.05, 0) is 63.0 Å². The van der Waals surface area contributed by atoms with Gasteiger partial charge >= 0.3 is 0 Å². The molecule has 0 radical (unpaired) electrons. The van der Waals surface area contributed by atoms with E-state index >= 15 is 0 Å². The number of hydrogen-bond acceptors (Lipinski definition) is 4. The Bertz CT molecular complexity index is 482. The number of amides is 1. The largest absolute Gasteiger partial charge is 0.506 e. The molecule has 116 valence electrons. The average molecular weight is 291 g/mol. The summed E-state index contributed by atoms with van der Waals surface area (Å²) >= 11 is 0. The third kappa shape index (κ3) is 4.63. The Labute approximate surface area is 126 Å². The van der Waals surface area contributed by atoms with Crippen LogP contribution in [0.1, 0.15) is 36.5 Å². The molecule has 0 spiro atoms. The lowest BCUT2D eigenvalue weighted by molar-refractivity contribution is 0.0950. The maximum absolute atomic E-state index is 11.9. The molecule has 0 aromatic heterocycles. The summed E-state index contributed by atoms with van der Waals surface area (Å²) in [6.07, 6.45) is 3.50. The summed E-state index contributed by atoms with van der Waals surface area (Å²) in [5.74, 6) is 0.627. The van der Waals surface area contributed by atoms with Crippen LogP contribution in [-0.2, 0) is 0 Å². The summed E-state index contributed by atoms with van der Waals surface area (Å²) in [7, 11) is 0. The first-order valence-corrected chi connectivity index (χ1v) is 7.65. The summed E-state index contributed by atoms with van der Waals surface area (Å²) in [4.78, 5) is 14.4. The molecule has 1 fully saturated rings. The van der Waals surface area contributed by atoms with Gasteiger partial charge in [-0.1, -0.05) is 6.92 Å². The lowest BCUT2D eigenvalue weighted by Crippen LogP contribution is -2.35. The van der Waals surface area contributed by atoms with Crippen LogP contribution in [0, 0.1) is 5.92 Å². The van der Waals surface area contributed by atoms with Crippen molar-refractivity contribution in [2.45, 2.75) is 26.2 Å². The minimum atomic E-state index is -0.169. The van der Waals surface area contributed by atoms with E-state index in [1.165, 1.54) is 32.0 Å². The van der Waals surface area contributed by atoms with Crippen LogP contribution < -0.4 is 11.1 Å². The molecule has 1 aromatic rings. The molecule has 1 saturated heterocycles. The van der Waals surface area contributed by atoms with Gasteiger partial charge in [-0.25, -0.2) is 0 Å². The lowest BCUT2D eigenvalue weighted by atomic mass is 9.99. The van der Waals surface area contributed by atoms with E-state index in [-0.39, 0.29) is 17.3 Å². The number of phenols is 1. The Kier molecular flexibility index (Phi) is 5.44. The molecule has 5 heteroatoms. The van der Waals surface area contributed by atoms with Crippen LogP contribution in [0.15, 0.2) is 18.2 Å². The molecule has 1 aliphatic rings. The van der Waals surface area contributed by atoms with Crippen LogP contribution in [0.4, 0.5) is 5.69 Å². The number of hydrogen-bond donors (Lipinski definition) is 3. The molecule has 2 rings (SSSR count). The normalized spacial score (nSPS) is 16.8. The number of nitrogens with zero attached hydrogens (tertiary/aromatic N) is 1. The Morgan fingerprint density at radius 3 is 2.81 bits per heavy atom. The molecular formula is C16H25N3O2. The number of likely N-dealkylation sites (tertiary alicyclic amines) is 1. The second-order valence-electron chi connectivity index (χ2n) is 5.91. The monoisotopic (exact) mass is 291 g/mol. The number of nitrogen functional groups attached to an aromatic ring is 1. The van der Waals surface area contributed by atoms with Crippen molar-refractivity contribution in [2.75, 3.05) is 31.9 Å². The first-order chi connectivity index (χ1) is 10.1. The average Bonchev–Trinajstić information content (AvgIpc) is 2.48. The standard InChI is InChI=1S/C16H25N3O2/c1-12-5-9-19(10-6-12)8-2-7-18-16(21)13-3-4-14(17)15(20)11-13/h3-4,11-12,20H,2,5-10,17H2,1H3,(H,18,21). The number of phenolic OH excluding ortho intramolecular Hbond substituents is 1. The van der Waals surface area contributed by atoms with Gasteiger partial charge in [-0.3, -0.25) is 4.79 Å². The van der Waals surface area contributed by atoms with E-state index in [1.54, 1.807) is 12.1 Å². The highest BCUT2D eigenvalue weighted by atomic mass is 16.3. The van der Waals surface area contributed by atoms with Crippen molar-refractivity contribution in [3.05, 3.63) is 23.8 Å². The highest BCUT2D eigenvalue weighted by molar-refractivity contribution is 5.95. The summed E-state index contributed by atoms with van der Waals surface area (Å²) in [5, 5.41) is 12.4. The van der Waals surface area contributed by atoms with Crippen molar-refractivity contribution in [1.29, 1.82) is 0 Å². The van der Waals surface area contributed by atoms with E-state index < -0.39 is 0 Å². The third-order valence-electron chi connectivity index (χ3n) is 4.11. The second-order valence-corrected chi connectivity index (χ2v) is 5.91. The van der Waals surface area contributed by atoms with E-state index in [2.05, 4.69) is 17.1 Å². The molecule has 21 heavy (non-hydrogen) atoms. The first kappa shape index (κ1) is 15.6. The number of nitrogens with one attached hydrogen (secondary N) is 1. The van der Waals surface area contributed by atoms with Crippen LogP contribution in [0.2, 0.25) is 0 Å². The quantitative estimate of drug-likeness (QED) is 0.439. The van der Waals surface area contributed by atoms with E-state index in [0.29, 0.717) is 12.1 Å². The van der Waals surface area contributed by atoms with Gasteiger partial charge in [0.15, 0.2) is 0 Å². The molecule has 1 aromatic carbocycles. The maximum atomic E-state index is 11.9. The smallest absolute Gasteiger partial charge is 0.251 e. The summed E-state index contributed by atoms with van der Waals surface area (Å²) in [6, 6.07) is 4.56. The Morgan fingerprint density at radius 1 is 1.43 bits per heavy atom. The van der Waals surface area contributed by atoms with Crippen LogP contribution in [0.25, 0.3) is 0 Å². The number of piperidine rings is 1. The number of rotatable bonds is 5. The molecular weight excluding hydrogens is 266 g/mol. The van der Waals surface area contributed by atoms with Gasteiger partial charge in [-0.2, -0.15) is 0 Å². The number of carbonyl (C=O) groups is 1. The molecule has 1 heterocycles. The van der Waals surface area contributed by atoms with E-state index in [4.69, 9.17) is 5.73 Å². The molecule has 4 N–H and O–H groups in total. The number of aromatic hydroxyl groups is 1. The van der Waals surface area contributed by atoms with Gasteiger partial charge in [0.05, 0.1) is 5.69 Å². The predicted octanol–water partition coefficient (Wildman–Crippen LogP) is 1.83. The molecule has 0 atom stereocenters. The zero-order chi connectivity index (χ0) is 15.2. The maximum Gasteiger partial charge on any atom is 0.251 e. The topological polar surface area (TPSA) is 78.6 Å². The van der Waals surface area contributed by atoms with E-state index in [1.807, 2.05) is 0 Å². The molecule has 0 bridgehead atoms. The van der Waals surface area contributed by atoms with E-state index in [0.717, 1.165) is 18.9 Å². The zero-order valence-corrected chi connectivity index (χ0v) is 12.6. The Balaban J connectivity index is 1.68. The highest BCUT2D eigenvalue weighted by Gasteiger charge is 2.15. The molecule has 0 aliphatic carbocycles. The van der Waals surface area contributed by atoms with Crippen molar-refractivity contribution >= 4 is 11.6 Å². The Hall–Kier alpha value is -1.75. The number of carbonyl (C=O) groups excluding carboxylic acids is 1. The molecule has 1 amide bonds. The van der Waals surface area contributed by atoms with Gasteiger partial charge in [0.25, 0.3) is 5.91 Å². The number of anilines is 1. The van der Waals surface area contributed by atoms with Crippen LogP contribution in [0.5, 0.6) is 5.75 Å². The summed E-state index contributed by atoms with van der Waals surface area (Å²) in [5.41, 5.74) is 6.24. The van der Waals surface area contributed by atoms with E-state index in [9.17, 15) is 9.90 Å². The molecule has 0 unspecified atom stereocenters. The fraction of sp³-hybridized carbons (Fsp3) is 0.562. The van der Waals surface area contributed by atoms with Crippen LogP contribution >= 0.6 is 0 Å². The summed E-state index contributed by atoms with van der Waals surface area (Å²) in [6.45, 7) is 6.32. The fourth-order valence-corrected chi connectivity index (χ4v) is 2.58. The third-order valence-corrected chi connectivity index (χ3v) is 4.11. The van der Waals surface area contributed by atoms with Gasteiger partial charge in [0.2, 0.25) is 0 Å². The van der Waals surface area contributed by atoms with Crippen LogP contribution in [0.3, 0.4) is 0 Å². The zero-order valence-electron chi connectivity index (χ0n) is 12.6. The minimum Gasteiger partial charge on any atom is -0.506 e. The van der Waals surface area contributed by atoms with Gasteiger partial charge in [0, 0.05) is 12.1 Å². The van der Waals surface area contributed by atoms with Gasteiger partial charge in [0.1, 0.15) is 5.75 Å². The summed E-state index contributed by atoms with van der Waals surface area (Å²) < 4.78 is 0. The Morgan fingerprint density at radius 2 is 2.14 bits per heavy atom. The van der Waals surface area contributed by atoms with Crippen molar-refractivity contribution in [3.63, 3.8) is 0 Å². The molecule has 5 nitrogen and oxygen atoms in total. The SMILES string of the molecule is CC1CCN(CCCNC(=O)c2ccc(N)c(O)c2)CC1. The molecule has 0 saturated carbocycles. The minimum absolute atomic E-state index is 0.0508.